The number of nitrogens with zero attached hydrogens (tertiary/aromatic N) is 3. The first-order valence-electron chi connectivity index (χ1n) is 9.70. The lowest BCUT2D eigenvalue weighted by Crippen LogP contribution is -2.25. The highest BCUT2D eigenvalue weighted by Gasteiger charge is 2.35. The average Bonchev–Trinajstić information content (AvgIpc) is 3.05. The van der Waals surface area contributed by atoms with Gasteiger partial charge in [0, 0.05) is 42.8 Å². The molecule has 31 heavy (non-hydrogen) atoms. The van der Waals surface area contributed by atoms with Crippen LogP contribution < -0.4 is 10.9 Å². The van der Waals surface area contributed by atoms with E-state index in [0.29, 0.717) is 18.2 Å². The van der Waals surface area contributed by atoms with Gasteiger partial charge in [-0.2, -0.15) is 18.3 Å². The number of carbonyl (C=O) groups is 1. The molecule has 0 aliphatic rings. The number of fused-ring (bicyclic) bond motifs is 1. The van der Waals surface area contributed by atoms with Gasteiger partial charge in [0.05, 0.1) is 5.56 Å². The maximum absolute atomic E-state index is 13.6. The van der Waals surface area contributed by atoms with Crippen LogP contribution in [0.3, 0.4) is 0 Å². The van der Waals surface area contributed by atoms with Crippen LogP contribution in [-0.2, 0) is 24.1 Å². The van der Waals surface area contributed by atoms with Crippen LogP contribution in [0, 0.1) is 18.7 Å². The van der Waals surface area contributed by atoms with Crippen LogP contribution in [0.25, 0.3) is 11.0 Å². The van der Waals surface area contributed by atoms with Crippen LogP contribution in [0.1, 0.15) is 31.4 Å². The number of hydrogen-bond donors (Lipinski definition) is 1. The molecule has 0 saturated heterocycles. The topological polar surface area (TPSA) is 68.9 Å². The van der Waals surface area contributed by atoms with Gasteiger partial charge in [-0.25, -0.2) is 4.39 Å². The summed E-state index contributed by atoms with van der Waals surface area (Å²) in [4.78, 5) is 24.7. The Morgan fingerprint density at radius 1 is 1.23 bits per heavy atom. The van der Waals surface area contributed by atoms with Crippen molar-refractivity contribution in [3.8, 4) is 0 Å². The zero-order valence-electron chi connectivity index (χ0n) is 17.3. The number of benzene rings is 1. The van der Waals surface area contributed by atoms with Gasteiger partial charge in [-0.3, -0.25) is 18.8 Å². The number of hydrogen-bond acceptors (Lipinski definition) is 3. The van der Waals surface area contributed by atoms with E-state index in [-0.39, 0.29) is 35.6 Å². The van der Waals surface area contributed by atoms with Crippen molar-refractivity contribution in [2.24, 2.45) is 5.92 Å². The summed E-state index contributed by atoms with van der Waals surface area (Å²) in [6, 6.07) is 4.74. The molecule has 0 radical (unpaired) electrons. The first-order valence-corrected chi connectivity index (χ1v) is 9.70. The Balaban J connectivity index is 1.89. The molecule has 1 N–H and O–H groups in total. The first kappa shape index (κ1) is 22.5. The molecule has 3 rings (SSSR count). The van der Waals surface area contributed by atoms with Gasteiger partial charge in [0.1, 0.15) is 5.82 Å². The Kier molecular flexibility index (Phi) is 6.19. The lowest BCUT2D eigenvalue weighted by Gasteiger charge is -2.12. The number of pyridine rings is 1. The molecular weight excluding hydrogens is 416 g/mol. The zero-order chi connectivity index (χ0) is 22.9. The second-order valence-electron chi connectivity index (χ2n) is 7.79. The molecular formula is C21H22F4N4O2. The molecule has 0 aliphatic heterocycles. The molecule has 0 saturated carbocycles. The minimum atomic E-state index is -4.71. The Bertz CT molecular complexity index is 1180. The fourth-order valence-corrected chi connectivity index (χ4v) is 3.21. The molecule has 0 unspecified atom stereocenters. The van der Waals surface area contributed by atoms with Crippen LogP contribution in [0.5, 0.6) is 0 Å². The second-order valence-corrected chi connectivity index (χ2v) is 7.79. The van der Waals surface area contributed by atoms with Crippen molar-refractivity contribution in [1.29, 1.82) is 0 Å². The Hall–Kier alpha value is -3.17. The number of amides is 1. The lowest BCUT2D eigenvalue weighted by atomic mass is 10.1. The summed E-state index contributed by atoms with van der Waals surface area (Å²) in [7, 11) is 0. The predicted octanol–water partition coefficient (Wildman–Crippen LogP) is 4.35. The quantitative estimate of drug-likeness (QED) is 0.582. The number of aryl methyl sites for hydroxylation is 2. The van der Waals surface area contributed by atoms with E-state index in [0.717, 1.165) is 4.57 Å². The van der Waals surface area contributed by atoms with E-state index in [4.69, 9.17) is 0 Å². The van der Waals surface area contributed by atoms with Crippen LogP contribution >= 0.6 is 0 Å². The molecule has 2 heterocycles. The summed E-state index contributed by atoms with van der Waals surface area (Å²) in [6.07, 6.45) is -3.65. The van der Waals surface area contributed by atoms with Crippen molar-refractivity contribution >= 4 is 22.6 Å². The Morgan fingerprint density at radius 2 is 1.94 bits per heavy atom. The minimum Gasteiger partial charge on any atom is -0.326 e. The van der Waals surface area contributed by atoms with E-state index in [1.807, 2.05) is 13.8 Å². The van der Waals surface area contributed by atoms with Gasteiger partial charge < -0.3 is 5.32 Å². The Labute approximate surface area is 175 Å². The number of aromatic nitrogens is 3. The molecule has 1 amide bonds. The molecule has 2 aromatic heterocycles. The summed E-state index contributed by atoms with van der Waals surface area (Å²) in [5, 5.41) is 6.48. The monoisotopic (exact) mass is 438 g/mol. The highest BCUT2D eigenvalue weighted by Crippen LogP contribution is 2.33. The third kappa shape index (κ3) is 5.12. The van der Waals surface area contributed by atoms with Gasteiger partial charge in [-0.1, -0.05) is 19.9 Å². The van der Waals surface area contributed by atoms with Crippen molar-refractivity contribution in [3.05, 3.63) is 57.8 Å². The molecule has 0 aliphatic carbocycles. The number of carbonyl (C=O) groups excluding carboxylic acids is 1. The molecule has 0 spiro atoms. The van der Waals surface area contributed by atoms with Crippen LogP contribution in [0.2, 0.25) is 0 Å². The molecule has 0 fully saturated rings. The van der Waals surface area contributed by atoms with Crippen LogP contribution in [0.15, 0.2) is 35.3 Å². The van der Waals surface area contributed by atoms with E-state index >= 15 is 0 Å². The third-order valence-corrected chi connectivity index (χ3v) is 4.70. The summed E-state index contributed by atoms with van der Waals surface area (Å²) < 4.78 is 56.4. The number of rotatable bonds is 6. The van der Waals surface area contributed by atoms with E-state index in [9.17, 15) is 27.2 Å². The molecule has 0 bridgehead atoms. The van der Waals surface area contributed by atoms with Crippen LogP contribution in [-0.4, -0.2) is 20.3 Å². The highest BCUT2D eigenvalue weighted by atomic mass is 19.4. The number of halogens is 4. The molecule has 166 valence electrons. The second kappa shape index (κ2) is 8.52. The van der Waals surface area contributed by atoms with Crippen molar-refractivity contribution in [3.63, 3.8) is 0 Å². The summed E-state index contributed by atoms with van der Waals surface area (Å²) in [5.41, 5.74) is -1.41. The molecule has 3 aromatic rings. The average molecular weight is 438 g/mol. The summed E-state index contributed by atoms with van der Waals surface area (Å²) in [5.74, 6) is -0.858. The van der Waals surface area contributed by atoms with E-state index in [1.165, 1.54) is 29.1 Å². The van der Waals surface area contributed by atoms with Gasteiger partial charge in [0.25, 0.3) is 5.56 Å². The van der Waals surface area contributed by atoms with Gasteiger partial charge in [0.2, 0.25) is 5.91 Å². The number of alkyl halides is 3. The maximum Gasteiger partial charge on any atom is 0.417 e. The van der Waals surface area contributed by atoms with Crippen LogP contribution in [0.4, 0.5) is 23.2 Å². The fourth-order valence-electron chi connectivity index (χ4n) is 3.21. The van der Waals surface area contributed by atoms with Gasteiger partial charge in [-0.15, -0.1) is 0 Å². The van der Waals surface area contributed by atoms with Gasteiger partial charge in [-0.05, 0) is 30.5 Å². The molecule has 6 nitrogen and oxygen atoms in total. The summed E-state index contributed by atoms with van der Waals surface area (Å²) in [6.45, 7) is 5.57. The standard InChI is InChI=1S/C21H22F4N4O2/c1-12(2)10-28-11-15-16(21(23,24)25)9-19(31)29(20(15)27-28)7-6-18(30)26-14-5-4-13(3)17(22)8-14/h4-5,8-9,11-12H,6-7,10H2,1-3H3,(H,26,30). The predicted molar refractivity (Wildman–Crippen MR) is 108 cm³/mol. The number of anilines is 1. The highest BCUT2D eigenvalue weighted by molar-refractivity contribution is 5.90. The van der Waals surface area contributed by atoms with Crippen molar-refractivity contribution in [2.45, 2.75) is 46.5 Å². The van der Waals surface area contributed by atoms with Crippen molar-refractivity contribution in [1.82, 2.24) is 14.3 Å². The van der Waals surface area contributed by atoms with E-state index in [2.05, 4.69) is 10.4 Å². The van der Waals surface area contributed by atoms with Crippen molar-refractivity contribution in [2.75, 3.05) is 5.32 Å². The SMILES string of the molecule is Cc1ccc(NC(=O)CCn2c(=O)cc(C(F)(F)F)c3cn(CC(C)C)nc32)cc1F. The van der Waals surface area contributed by atoms with E-state index < -0.39 is 29.0 Å². The molecule has 0 atom stereocenters. The first-order chi connectivity index (χ1) is 14.5. The molecule has 1 aromatic carbocycles. The van der Waals surface area contributed by atoms with Crippen molar-refractivity contribution < 1.29 is 22.4 Å². The molecule has 10 heteroatoms. The van der Waals surface area contributed by atoms with Gasteiger partial charge >= 0.3 is 6.18 Å². The lowest BCUT2D eigenvalue weighted by molar-refractivity contribution is -0.136. The van der Waals surface area contributed by atoms with Gasteiger partial charge in [0.15, 0.2) is 5.65 Å². The van der Waals surface area contributed by atoms with E-state index in [1.54, 1.807) is 6.92 Å². The minimum absolute atomic E-state index is 0.129. The maximum atomic E-state index is 13.6. The largest absolute Gasteiger partial charge is 0.417 e. The smallest absolute Gasteiger partial charge is 0.326 e. The Morgan fingerprint density at radius 3 is 2.55 bits per heavy atom. The number of nitrogens with one attached hydrogen (secondary N) is 1. The summed E-state index contributed by atoms with van der Waals surface area (Å²) >= 11 is 0. The third-order valence-electron chi connectivity index (χ3n) is 4.70. The normalized spacial score (nSPS) is 12.0. The zero-order valence-corrected chi connectivity index (χ0v) is 17.3. The fraction of sp³-hybridized carbons (Fsp3) is 0.381.